The summed E-state index contributed by atoms with van der Waals surface area (Å²) < 4.78 is 81.7. The summed E-state index contributed by atoms with van der Waals surface area (Å²) in [6, 6.07) is 22.8. The number of rotatable bonds is 14. The molecule has 11 nitrogen and oxygen atoms in total. The third-order valence-corrected chi connectivity index (χ3v) is 14.7. The molecular weight excluding hydrogens is 627 g/mol. The number of halogens is 1. The zero-order chi connectivity index (χ0) is 32.9. The Morgan fingerprint density at radius 1 is 0.533 bits per heavy atom. The average Bonchev–Trinajstić information content (AvgIpc) is 3.06. The van der Waals surface area contributed by atoms with Crippen molar-refractivity contribution in [2.75, 3.05) is 48.8 Å². The van der Waals surface area contributed by atoms with E-state index in [2.05, 4.69) is 0 Å². The molecule has 0 saturated heterocycles. The van der Waals surface area contributed by atoms with Gasteiger partial charge in [0.05, 0.1) is 0 Å². The zero-order valence-corrected chi connectivity index (χ0v) is 27.4. The third-order valence-electron chi connectivity index (χ3n) is 7.57. The summed E-state index contributed by atoms with van der Waals surface area (Å²) in [6.07, 6.45) is -2.05. The summed E-state index contributed by atoms with van der Waals surface area (Å²) in [6.45, 7) is -5.72. The molecule has 0 aliphatic rings. The molecule has 0 aliphatic carbocycles. The Balaban J connectivity index is 2.53. The van der Waals surface area contributed by atoms with Gasteiger partial charge in [-0.3, -0.25) is 0 Å². The molecule has 0 radical (unpaired) electrons. The van der Waals surface area contributed by atoms with Crippen molar-refractivity contribution in [1.82, 2.24) is 0 Å². The first-order chi connectivity index (χ1) is 21.5. The van der Waals surface area contributed by atoms with E-state index in [9.17, 15) is 19.1 Å². The van der Waals surface area contributed by atoms with Gasteiger partial charge in [-0.2, -0.15) is 0 Å². The van der Waals surface area contributed by atoms with E-state index in [-0.39, 0.29) is 50.4 Å². The van der Waals surface area contributed by atoms with Crippen LogP contribution in [-0.4, -0.2) is 53.9 Å². The number of hydrogen-bond acceptors (Lipinski definition) is 11. The van der Waals surface area contributed by atoms with Crippen LogP contribution < -0.4 is 58.3 Å². The summed E-state index contributed by atoms with van der Waals surface area (Å²) in [4.78, 5) is 0. The van der Waals surface area contributed by atoms with Gasteiger partial charge in [0, 0.05) is 0 Å². The summed E-state index contributed by atoms with van der Waals surface area (Å²) in [5, 5.41) is 12.2. The second-order valence-corrected chi connectivity index (χ2v) is 15.2. The first-order valence-electron chi connectivity index (χ1n) is 13.6. The van der Waals surface area contributed by atoms with Crippen molar-refractivity contribution in [1.29, 1.82) is 0 Å². The van der Waals surface area contributed by atoms with E-state index < -0.39 is 29.3 Å². The minimum atomic E-state index is -5.72. The Labute approximate surface area is 264 Å². The Morgan fingerprint density at radius 3 is 1.11 bits per heavy atom. The van der Waals surface area contributed by atoms with Crippen molar-refractivity contribution in [3.8, 4) is 34.5 Å². The van der Waals surface area contributed by atoms with E-state index in [0.717, 1.165) is 0 Å². The first kappa shape index (κ1) is 34.1. The summed E-state index contributed by atoms with van der Waals surface area (Å²) in [5.41, 5.74) is 0.395. The van der Waals surface area contributed by atoms with Gasteiger partial charge in [-0.15, -0.1) is 0 Å². The number of aliphatic hydroxyl groups excluding tert-OH is 1. The molecule has 0 aliphatic heterocycles. The maximum absolute atomic E-state index is 13.4. The SMILES string of the molecule is COc1cccc(OC)c1P(CC(O)c1ccccc1)(O[Cl+3]([O-])([O-])[O-])(c1c(OC)cccc1OC)c1c(OC)cccc1OC. The van der Waals surface area contributed by atoms with Crippen LogP contribution in [0.2, 0.25) is 0 Å². The van der Waals surface area contributed by atoms with Crippen molar-refractivity contribution < 1.29 is 61.8 Å². The van der Waals surface area contributed by atoms with Crippen LogP contribution in [0, 0.1) is 10.2 Å². The zero-order valence-electron chi connectivity index (χ0n) is 25.7. The molecule has 1 unspecified atom stereocenters. The van der Waals surface area contributed by atoms with Crippen LogP contribution in [0.25, 0.3) is 0 Å². The van der Waals surface area contributed by atoms with Crippen LogP contribution in [-0.2, 0) is 4.08 Å². The second kappa shape index (κ2) is 13.7. The molecule has 0 bridgehead atoms. The molecule has 0 amide bonds. The normalized spacial score (nSPS) is 13.2. The van der Waals surface area contributed by atoms with Gasteiger partial charge in [-0.1, -0.05) is 0 Å². The van der Waals surface area contributed by atoms with Crippen molar-refractivity contribution in [3.05, 3.63) is 90.5 Å². The summed E-state index contributed by atoms with van der Waals surface area (Å²) in [7, 11) is 2.92. The standard InChI is InChI=1S/C32H36ClO11P/c1-38-24-15-10-16-25(39-2)30(24)45(44-33(35,36)37,21-23(34)22-13-8-7-9-14-22,31-26(40-3)17-11-18-27(31)41-4)32-28(42-5)19-12-20-29(32)43-6/h7-20,23,34H,21H2,1-6H3. The molecule has 4 rings (SSSR count). The number of hydrogen-bond donors (Lipinski definition) is 1. The van der Waals surface area contributed by atoms with Crippen LogP contribution in [0.4, 0.5) is 0 Å². The second-order valence-electron chi connectivity index (χ2n) is 9.80. The Kier molecular flexibility index (Phi) is 10.4. The average molecular weight is 663 g/mol. The molecule has 1 N–H and O–H groups in total. The monoisotopic (exact) mass is 662 g/mol. The number of ether oxygens (including phenoxy) is 6. The van der Waals surface area contributed by atoms with Gasteiger partial charge in [-0.05, 0) is 0 Å². The molecule has 45 heavy (non-hydrogen) atoms. The Morgan fingerprint density at radius 2 is 0.844 bits per heavy atom. The van der Waals surface area contributed by atoms with Crippen molar-refractivity contribution in [2.45, 2.75) is 6.10 Å². The molecule has 242 valence electrons. The molecule has 0 fully saturated rings. The number of aliphatic hydroxyl groups is 1. The molecule has 0 saturated carbocycles. The van der Waals surface area contributed by atoms with Gasteiger partial charge in [0.2, 0.25) is 0 Å². The fourth-order valence-corrected chi connectivity index (χ4v) is 14.4. The van der Waals surface area contributed by atoms with E-state index in [4.69, 9.17) is 32.5 Å². The summed E-state index contributed by atoms with van der Waals surface area (Å²) in [5.74, 6) is 0.456. The minimum absolute atomic E-state index is 0.000932. The number of methoxy groups -OCH3 is 6. The molecule has 0 aromatic heterocycles. The van der Waals surface area contributed by atoms with Crippen LogP contribution in [0.5, 0.6) is 34.5 Å². The fourth-order valence-electron chi connectivity index (χ4n) is 5.93. The fraction of sp³-hybridized carbons (Fsp3) is 0.250. The van der Waals surface area contributed by atoms with Crippen molar-refractivity contribution in [3.63, 3.8) is 0 Å². The number of benzene rings is 4. The molecule has 13 heteroatoms. The predicted octanol–water partition coefficient (Wildman–Crippen LogP) is 1.13. The van der Waals surface area contributed by atoms with Crippen molar-refractivity contribution >= 4 is 22.7 Å². The van der Waals surface area contributed by atoms with Crippen LogP contribution in [0.15, 0.2) is 84.9 Å². The summed E-state index contributed by atoms with van der Waals surface area (Å²) >= 11 is 0. The van der Waals surface area contributed by atoms with Gasteiger partial charge in [0.15, 0.2) is 0 Å². The van der Waals surface area contributed by atoms with E-state index in [0.29, 0.717) is 5.56 Å². The molecular formula is C32H36ClO11P. The first-order valence-corrected chi connectivity index (χ1v) is 17.1. The quantitative estimate of drug-likeness (QED) is 0.193. The van der Waals surface area contributed by atoms with Crippen LogP contribution >= 0.6 is 6.83 Å². The molecule has 0 spiro atoms. The van der Waals surface area contributed by atoms with Crippen LogP contribution in [0.3, 0.4) is 0 Å². The topological polar surface area (TPSA) is 154 Å². The third kappa shape index (κ3) is 5.96. The predicted molar refractivity (Wildman–Crippen MR) is 162 cm³/mol. The van der Waals surface area contributed by atoms with E-state index in [1.165, 1.54) is 42.7 Å². The van der Waals surface area contributed by atoms with Crippen LogP contribution in [0.1, 0.15) is 11.7 Å². The van der Waals surface area contributed by atoms with Gasteiger partial charge >= 0.3 is 264 Å². The van der Waals surface area contributed by atoms with Gasteiger partial charge in [0.1, 0.15) is 0 Å². The van der Waals surface area contributed by atoms with E-state index >= 15 is 0 Å². The van der Waals surface area contributed by atoms with Gasteiger partial charge in [0.25, 0.3) is 0 Å². The van der Waals surface area contributed by atoms with Crippen molar-refractivity contribution in [2.24, 2.45) is 0 Å². The molecule has 0 heterocycles. The van der Waals surface area contributed by atoms with Gasteiger partial charge < -0.3 is 0 Å². The van der Waals surface area contributed by atoms with E-state index in [1.54, 1.807) is 84.9 Å². The van der Waals surface area contributed by atoms with Gasteiger partial charge in [-0.25, -0.2) is 0 Å². The Bertz CT molecular complexity index is 1410. The maximum atomic E-state index is 13.4. The molecule has 1 atom stereocenters. The molecule has 4 aromatic carbocycles. The molecule has 4 aromatic rings. The van der Waals surface area contributed by atoms with E-state index in [1.807, 2.05) is 0 Å². The Hall–Kier alpha value is -3.80.